The van der Waals surface area contributed by atoms with E-state index in [2.05, 4.69) is 0 Å². The molecule has 0 saturated heterocycles. The van der Waals surface area contributed by atoms with E-state index in [-0.39, 0.29) is 0 Å². The lowest BCUT2D eigenvalue weighted by molar-refractivity contribution is 0.185. The van der Waals surface area contributed by atoms with Crippen molar-refractivity contribution in [3.63, 3.8) is 0 Å². The van der Waals surface area contributed by atoms with Crippen molar-refractivity contribution < 1.29 is 13.5 Å². The predicted octanol–water partition coefficient (Wildman–Crippen LogP) is 1.99. The fourth-order valence-electron chi connectivity index (χ4n) is 2.55. The first-order chi connectivity index (χ1) is 7.93. The van der Waals surface area contributed by atoms with Gasteiger partial charge >= 0.3 is 0 Å². The molecule has 0 radical (unpaired) electrons. The minimum atomic E-state index is -3.39. The van der Waals surface area contributed by atoms with E-state index in [9.17, 15) is 13.5 Å². The molecule has 0 heterocycles. The Labute approximate surface area is 102 Å². The summed E-state index contributed by atoms with van der Waals surface area (Å²) in [7, 11) is -3.39. The van der Waals surface area contributed by atoms with Crippen LogP contribution < -0.4 is 0 Å². The van der Waals surface area contributed by atoms with E-state index >= 15 is 0 Å². The first kappa shape index (κ1) is 12.6. The van der Waals surface area contributed by atoms with Gasteiger partial charge in [-0.25, -0.2) is 8.42 Å². The Morgan fingerprint density at radius 3 is 2.47 bits per heavy atom. The summed E-state index contributed by atoms with van der Waals surface area (Å²) in [6.45, 7) is 3.75. The first-order valence-electron chi connectivity index (χ1n) is 5.92. The monoisotopic (exact) mass is 254 g/mol. The molecule has 1 fully saturated rings. The van der Waals surface area contributed by atoms with E-state index < -0.39 is 21.2 Å². The topological polar surface area (TPSA) is 54.4 Å². The van der Waals surface area contributed by atoms with E-state index in [0.717, 1.165) is 17.5 Å². The summed E-state index contributed by atoms with van der Waals surface area (Å²) in [5.74, 6) is 0. The van der Waals surface area contributed by atoms with Crippen LogP contribution in [-0.2, 0) is 9.84 Å². The molecule has 94 valence electrons. The molecule has 17 heavy (non-hydrogen) atoms. The summed E-state index contributed by atoms with van der Waals surface area (Å²) in [4.78, 5) is 0.369. The Hall–Kier alpha value is -0.870. The van der Waals surface area contributed by atoms with E-state index in [4.69, 9.17) is 0 Å². The largest absolute Gasteiger partial charge is 0.392 e. The van der Waals surface area contributed by atoms with Crippen LogP contribution in [0.25, 0.3) is 0 Å². The quantitative estimate of drug-likeness (QED) is 0.878. The van der Waals surface area contributed by atoms with Gasteiger partial charge in [-0.05, 0) is 44.7 Å². The van der Waals surface area contributed by atoms with Crippen molar-refractivity contribution in [2.75, 3.05) is 0 Å². The highest BCUT2D eigenvalue weighted by Crippen LogP contribution is 2.31. The second-order valence-electron chi connectivity index (χ2n) is 4.85. The van der Waals surface area contributed by atoms with Gasteiger partial charge < -0.3 is 5.11 Å². The molecule has 4 heteroatoms. The second kappa shape index (κ2) is 4.42. The highest BCUT2D eigenvalue weighted by molar-refractivity contribution is 7.92. The van der Waals surface area contributed by atoms with Gasteiger partial charge in [0, 0.05) is 0 Å². The molecule has 0 spiro atoms. The second-order valence-corrected chi connectivity index (χ2v) is 6.99. The van der Waals surface area contributed by atoms with Crippen LogP contribution in [0.2, 0.25) is 0 Å². The Balaban J connectivity index is 2.44. The zero-order valence-corrected chi connectivity index (χ0v) is 11.0. The van der Waals surface area contributed by atoms with Crippen LogP contribution in [0.3, 0.4) is 0 Å². The molecular weight excluding hydrogens is 236 g/mol. The molecule has 1 N–H and O–H groups in total. The molecule has 1 aromatic rings. The lowest BCUT2D eigenvalue weighted by atomic mass is 10.2. The van der Waals surface area contributed by atoms with Gasteiger partial charge in [0.05, 0.1) is 16.2 Å². The van der Waals surface area contributed by atoms with Gasteiger partial charge in [-0.15, -0.1) is 0 Å². The van der Waals surface area contributed by atoms with E-state index in [1.165, 1.54) is 0 Å². The van der Waals surface area contributed by atoms with Crippen LogP contribution in [0, 0.1) is 13.8 Å². The molecule has 1 aromatic carbocycles. The highest BCUT2D eigenvalue weighted by atomic mass is 32.2. The molecule has 1 saturated carbocycles. The molecule has 1 aliphatic rings. The summed E-state index contributed by atoms with van der Waals surface area (Å²) in [5.41, 5.74) is 1.82. The molecule has 2 rings (SSSR count). The molecule has 2 unspecified atom stereocenters. The molecule has 1 aliphatic carbocycles. The molecule has 2 atom stereocenters. The van der Waals surface area contributed by atoms with Gasteiger partial charge in [0.25, 0.3) is 0 Å². The standard InChI is InChI=1S/C13H18O3S/c1-9-6-7-12(10(2)8-9)17(15,16)13-5-3-4-11(13)14/h6-8,11,13-14H,3-5H2,1-2H3. The van der Waals surface area contributed by atoms with Gasteiger partial charge in [-0.3, -0.25) is 0 Å². The number of aliphatic hydroxyl groups is 1. The summed E-state index contributed by atoms with van der Waals surface area (Å²) in [6.07, 6.45) is 1.24. The smallest absolute Gasteiger partial charge is 0.184 e. The number of rotatable bonds is 2. The van der Waals surface area contributed by atoms with Crippen LogP contribution in [0.1, 0.15) is 30.4 Å². The summed E-state index contributed by atoms with van der Waals surface area (Å²) >= 11 is 0. The third-order valence-electron chi connectivity index (χ3n) is 3.45. The van der Waals surface area contributed by atoms with Crippen molar-refractivity contribution in [1.29, 1.82) is 0 Å². The minimum absolute atomic E-state index is 0.369. The maximum atomic E-state index is 12.4. The molecule has 3 nitrogen and oxygen atoms in total. The van der Waals surface area contributed by atoms with Crippen molar-refractivity contribution in [3.8, 4) is 0 Å². The van der Waals surface area contributed by atoms with Crippen molar-refractivity contribution >= 4 is 9.84 Å². The first-order valence-corrected chi connectivity index (χ1v) is 7.47. The summed E-state index contributed by atoms with van der Waals surface area (Å²) in [5, 5.41) is 9.13. The zero-order valence-electron chi connectivity index (χ0n) is 10.2. The van der Waals surface area contributed by atoms with Crippen molar-refractivity contribution in [1.82, 2.24) is 0 Å². The van der Waals surface area contributed by atoms with E-state index in [1.807, 2.05) is 13.0 Å². The van der Waals surface area contributed by atoms with Crippen LogP contribution >= 0.6 is 0 Å². The predicted molar refractivity (Wildman–Crippen MR) is 66.7 cm³/mol. The fraction of sp³-hybridized carbons (Fsp3) is 0.538. The van der Waals surface area contributed by atoms with Crippen LogP contribution in [0.5, 0.6) is 0 Å². The normalized spacial score (nSPS) is 25.1. The maximum Gasteiger partial charge on any atom is 0.184 e. The zero-order chi connectivity index (χ0) is 12.6. The third-order valence-corrected chi connectivity index (χ3v) is 5.87. The highest BCUT2D eigenvalue weighted by Gasteiger charge is 2.37. The SMILES string of the molecule is Cc1ccc(S(=O)(=O)C2CCCC2O)c(C)c1. The molecular formula is C13H18O3S. The molecule has 0 bridgehead atoms. The minimum Gasteiger partial charge on any atom is -0.392 e. The Morgan fingerprint density at radius 2 is 1.94 bits per heavy atom. The lowest BCUT2D eigenvalue weighted by Gasteiger charge is -2.17. The number of hydrogen-bond donors (Lipinski definition) is 1. The van der Waals surface area contributed by atoms with Crippen molar-refractivity contribution in [2.45, 2.75) is 49.4 Å². The van der Waals surface area contributed by atoms with Gasteiger partial charge in [-0.1, -0.05) is 17.7 Å². The summed E-state index contributed by atoms with van der Waals surface area (Å²) < 4.78 is 24.8. The van der Waals surface area contributed by atoms with Crippen LogP contribution in [-0.4, -0.2) is 24.9 Å². The average Bonchev–Trinajstić information content (AvgIpc) is 2.64. The number of sulfone groups is 1. The third kappa shape index (κ3) is 2.24. The summed E-state index contributed by atoms with van der Waals surface area (Å²) in [6, 6.07) is 5.33. The van der Waals surface area contributed by atoms with E-state index in [1.54, 1.807) is 19.1 Å². The molecule has 0 amide bonds. The maximum absolute atomic E-state index is 12.4. The molecule has 0 aliphatic heterocycles. The number of benzene rings is 1. The Kier molecular flexibility index (Phi) is 3.27. The van der Waals surface area contributed by atoms with Gasteiger partial charge in [0.2, 0.25) is 0 Å². The lowest BCUT2D eigenvalue weighted by Crippen LogP contribution is -2.29. The number of hydrogen-bond acceptors (Lipinski definition) is 3. The Morgan fingerprint density at radius 1 is 1.24 bits per heavy atom. The van der Waals surface area contributed by atoms with Gasteiger partial charge in [0.1, 0.15) is 0 Å². The molecule has 0 aromatic heterocycles. The number of aryl methyl sites for hydroxylation is 2. The van der Waals surface area contributed by atoms with E-state index in [0.29, 0.717) is 17.7 Å². The Bertz CT molecular complexity index is 519. The average molecular weight is 254 g/mol. The van der Waals surface area contributed by atoms with Gasteiger partial charge in [0.15, 0.2) is 9.84 Å². The van der Waals surface area contributed by atoms with Crippen LogP contribution in [0.4, 0.5) is 0 Å². The fourth-order valence-corrected chi connectivity index (χ4v) is 4.67. The van der Waals surface area contributed by atoms with Crippen molar-refractivity contribution in [3.05, 3.63) is 29.3 Å². The van der Waals surface area contributed by atoms with Crippen LogP contribution in [0.15, 0.2) is 23.1 Å². The van der Waals surface area contributed by atoms with Gasteiger partial charge in [-0.2, -0.15) is 0 Å². The van der Waals surface area contributed by atoms with Crippen molar-refractivity contribution in [2.24, 2.45) is 0 Å². The number of aliphatic hydroxyl groups excluding tert-OH is 1.